The molecule has 0 radical (unpaired) electrons. The molecular formula is C18H16F3N5O3. The Kier molecular flexibility index (Phi) is 4.91. The number of nitrogens with one attached hydrogen (secondary N) is 1. The van der Waals surface area contributed by atoms with E-state index in [9.17, 15) is 22.8 Å². The number of carbonyl (C=O) groups is 2. The highest BCUT2D eigenvalue weighted by molar-refractivity contribution is 6.05. The van der Waals surface area contributed by atoms with Crippen LogP contribution in [0.3, 0.4) is 0 Å². The molecule has 0 atom stereocenters. The number of halogens is 3. The highest BCUT2D eigenvalue weighted by atomic mass is 19.4. The van der Waals surface area contributed by atoms with Crippen LogP contribution in [0.2, 0.25) is 0 Å². The molecule has 1 amide bonds. The van der Waals surface area contributed by atoms with E-state index in [-0.39, 0.29) is 5.69 Å². The molecule has 0 aliphatic carbocycles. The molecule has 0 aliphatic rings. The van der Waals surface area contributed by atoms with Crippen LogP contribution in [0.25, 0.3) is 5.69 Å². The average Bonchev–Trinajstić information content (AvgIpc) is 3.17. The van der Waals surface area contributed by atoms with E-state index in [1.54, 1.807) is 25.6 Å². The van der Waals surface area contributed by atoms with Crippen LogP contribution in [0.15, 0.2) is 30.5 Å². The van der Waals surface area contributed by atoms with Crippen molar-refractivity contribution in [2.24, 2.45) is 7.05 Å². The zero-order valence-corrected chi connectivity index (χ0v) is 15.6. The lowest BCUT2D eigenvalue weighted by Crippen LogP contribution is -2.17. The van der Waals surface area contributed by atoms with Gasteiger partial charge in [0.2, 0.25) is 0 Å². The highest BCUT2D eigenvalue weighted by Crippen LogP contribution is 2.33. The molecule has 0 saturated heterocycles. The van der Waals surface area contributed by atoms with Gasteiger partial charge in [-0.1, -0.05) is 0 Å². The van der Waals surface area contributed by atoms with Crippen molar-refractivity contribution < 1.29 is 27.9 Å². The normalized spacial score (nSPS) is 11.5. The number of hydrogen-bond acceptors (Lipinski definition) is 4. The number of alkyl halides is 3. The number of aromatic nitrogens is 4. The summed E-state index contributed by atoms with van der Waals surface area (Å²) in [6.45, 7) is 3.44. The minimum absolute atomic E-state index is 0.00318. The lowest BCUT2D eigenvalue weighted by atomic mass is 10.1. The number of aryl methyl sites for hydroxylation is 2. The number of carboxylic acid groups (broad SMARTS) is 1. The van der Waals surface area contributed by atoms with Crippen molar-refractivity contribution >= 4 is 17.6 Å². The SMILES string of the molecule is Cc1nn(C)c(C)c1C(=O)Nc1ccc(-n2ncc(C(=O)O)c2C(F)(F)F)cc1. The van der Waals surface area contributed by atoms with E-state index >= 15 is 0 Å². The van der Waals surface area contributed by atoms with E-state index in [1.165, 1.54) is 24.3 Å². The van der Waals surface area contributed by atoms with Gasteiger partial charge in [0.25, 0.3) is 5.91 Å². The van der Waals surface area contributed by atoms with Crippen LogP contribution in [0, 0.1) is 13.8 Å². The Morgan fingerprint density at radius 3 is 2.24 bits per heavy atom. The minimum Gasteiger partial charge on any atom is -0.478 e. The van der Waals surface area contributed by atoms with E-state index in [2.05, 4.69) is 15.5 Å². The van der Waals surface area contributed by atoms with Crippen molar-refractivity contribution in [2.45, 2.75) is 20.0 Å². The van der Waals surface area contributed by atoms with Crippen LogP contribution in [0.1, 0.15) is 37.8 Å². The number of nitrogens with zero attached hydrogens (tertiary/aromatic N) is 4. The maximum absolute atomic E-state index is 13.3. The van der Waals surface area contributed by atoms with Gasteiger partial charge in [-0.3, -0.25) is 9.48 Å². The van der Waals surface area contributed by atoms with Crippen molar-refractivity contribution in [3.63, 3.8) is 0 Å². The Morgan fingerprint density at radius 2 is 1.76 bits per heavy atom. The number of carbonyl (C=O) groups excluding carboxylic acids is 1. The quantitative estimate of drug-likeness (QED) is 0.692. The van der Waals surface area contributed by atoms with Gasteiger partial charge in [0.15, 0.2) is 5.69 Å². The van der Waals surface area contributed by atoms with Crippen LogP contribution in [-0.2, 0) is 13.2 Å². The molecule has 0 unspecified atom stereocenters. The molecule has 3 aromatic rings. The van der Waals surface area contributed by atoms with Crippen molar-refractivity contribution in [1.82, 2.24) is 19.6 Å². The molecule has 152 valence electrons. The van der Waals surface area contributed by atoms with Crippen LogP contribution in [0.5, 0.6) is 0 Å². The Labute approximate surface area is 162 Å². The molecule has 2 N–H and O–H groups in total. The molecular weight excluding hydrogens is 391 g/mol. The molecule has 2 heterocycles. The van der Waals surface area contributed by atoms with Gasteiger partial charge in [0.05, 0.1) is 23.1 Å². The second-order valence-electron chi connectivity index (χ2n) is 6.29. The number of rotatable bonds is 4. The van der Waals surface area contributed by atoms with Crippen LogP contribution in [-0.4, -0.2) is 36.5 Å². The summed E-state index contributed by atoms with van der Waals surface area (Å²) in [4.78, 5) is 23.6. The largest absolute Gasteiger partial charge is 0.478 e. The van der Waals surface area contributed by atoms with Crippen molar-refractivity contribution in [1.29, 1.82) is 0 Å². The number of aromatic carboxylic acids is 1. The summed E-state index contributed by atoms with van der Waals surface area (Å²) in [5.74, 6) is -2.13. The Bertz CT molecular complexity index is 1100. The number of hydrogen-bond donors (Lipinski definition) is 2. The third-order valence-corrected chi connectivity index (χ3v) is 4.37. The van der Waals surface area contributed by atoms with Crippen LogP contribution >= 0.6 is 0 Å². The van der Waals surface area contributed by atoms with Crippen molar-refractivity contribution in [3.05, 3.63) is 58.7 Å². The molecule has 11 heteroatoms. The fourth-order valence-corrected chi connectivity index (χ4v) is 2.96. The van der Waals surface area contributed by atoms with E-state index in [1.807, 2.05) is 0 Å². The van der Waals surface area contributed by atoms with Gasteiger partial charge in [-0.15, -0.1) is 0 Å². The third kappa shape index (κ3) is 3.71. The highest BCUT2D eigenvalue weighted by Gasteiger charge is 2.40. The number of amides is 1. The Balaban J connectivity index is 1.90. The van der Waals surface area contributed by atoms with Gasteiger partial charge in [-0.05, 0) is 38.1 Å². The summed E-state index contributed by atoms with van der Waals surface area (Å²) in [6, 6.07) is 5.39. The Morgan fingerprint density at radius 1 is 1.14 bits per heavy atom. The van der Waals surface area contributed by atoms with Crippen molar-refractivity contribution in [2.75, 3.05) is 5.32 Å². The van der Waals surface area contributed by atoms with Crippen LogP contribution in [0.4, 0.5) is 18.9 Å². The zero-order chi connectivity index (χ0) is 21.5. The lowest BCUT2D eigenvalue weighted by molar-refractivity contribution is -0.143. The first-order valence-corrected chi connectivity index (χ1v) is 8.31. The second-order valence-corrected chi connectivity index (χ2v) is 6.29. The summed E-state index contributed by atoms with van der Waals surface area (Å²) < 4.78 is 42.0. The molecule has 0 bridgehead atoms. The van der Waals surface area contributed by atoms with Gasteiger partial charge in [0.1, 0.15) is 5.56 Å². The molecule has 0 saturated carbocycles. The number of benzene rings is 1. The number of carboxylic acids is 1. The monoisotopic (exact) mass is 407 g/mol. The van der Waals surface area contributed by atoms with E-state index < -0.39 is 29.3 Å². The predicted molar refractivity (Wildman–Crippen MR) is 96.2 cm³/mol. The van der Waals surface area contributed by atoms with Crippen molar-refractivity contribution in [3.8, 4) is 5.69 Å². The summed E-state index contributed by atoms with van der Waals surface area (Å²) in [6.07, 6.45) is -4.26. The molecule has 29 heavy (non-hydrogen) atoms. The predicted octanol–water partition coefficient (Wildman–Crippen LogP) is 3.19. The van der Waals surface area contributed by atoms with E-state index in [0.29, 0.717) is 33.5 Å². The van der Waals surface area contributed by atoms with Gasteiger partial charge in [0, 0.05) is 18.4 Å². The minimum atomic E-state index is -4.91. The first-order chi connectivity index (χ1) is 13.5. The molecule has 2 aromatic heterocycles. The molecule has 1 aromatic carbocycles. The summed E-state index contributed by atoms with van der Waals surface area (Å²) in [5.41, 5.74) is -0.358. The first-order valence-electron chi connectivity index (χ1n) is 8.31. The number of anilines is 1. The second kappa shape index (κ2) is 7.08. The fourth-order valence-electron chi connectivity index (χ4n) is 2.96. The zero-order valence-electron chi connectivity index (χ0n) is 15.6. The maximum atomic E-state index is 13.3. The van der Waals surface area contributed by atoms with E-state index in [4.69, 9.17) is 5.11 Å². The summed E-state index contributed by atoms with van der Waals surface area (Å²) in [7, 11) is 1.71. The van der Waals surface area contributed by atoms with Gasteiger partial charge in [-0.25, -0.2) is 9.48 Å². The molecule has 0 spiro atoms. The van der Waals surface area contributed by atoms with Crippen LogP contribution < -0.4 is 5.32 Å². The molecule has 3 rings (SSSR count). The lowest BCUT2D eigenvalue weighted by Gasteiger charge is -2.12. The topological polar surface area (TPSA) is 102 Å². The molecule has 0 aliphatic heterocycles. The van der Waals surface area contributed by atoms with Gasteiger partial charge < -0.3 is 10.4 Å². The average molecular weight is 407 g/mol. The summed E-state index contributed by atoms with van der Waals surface area (Å²) >= 11 is 0. The maximum Gasteiger partial charge on any atom is 0.434 e. The fraction of sp³-hybridized carbons (Fsp3) is 0.222. The standard InChI is InChI=1S/C18H16F3N5O3/c1-9-14(10(2)25(3)24-9)16(27)23-11-4-6-12(7-5-11)26-15(18(19,20)21)13(8-22-26)17(28)29/h4-8H,1-3H3,(H,23,27)(H,28,29). The van der Waals surface area contributed by atoms with Gasteiger partial charge in [-0.2, -0.15) is 23.4 Å². The van der Waals surface area contributed by atoms with E-state index in [0.717, 1.165) is 0 Å². The van der Waals surface area contributed by atoms with Gasteiger partial charge >= 0.3 is 12.1 Å². The molecule has 8 nitrogen and oxygen atoms in total. The molecule has 0 fully saturated rings. The first kappa shape index (κ1) is 20.1. The third-order valence-electron chi connectivity index (χ3n) is 4.37. The Hall–Kier alpha value is -3.63. The summed E-state index contributed by atoms with van der Waals surface area (Å²) in [5, 5.41) is 19.4. The smallest absolute Gasteiger partial charge is 0.434 e.